The van der Waals surface area contributed by atoms with Gasteiger partial charge in [0.1, 0.15) is 12.4 Å². The van der Waals surface area contributed by atoms with Crippen LogP contribution in [-0.2, 0) is 22.5 Å². The summed E-state index contributed by atoms with van der Waals surface area (Å²) >= 11 is 0. The number of benzene rings is 2. The van der Waals surface area contributed by atoms with Gasteiger partial charge < -0.3 is 19.5 Å². The highest BCUT2D eigenvalue weighted by atomic mass is 19.1. The van der Waals surface area contributed by atoms with Crippen molar-refractivity contribution in [2.24, 2.45) is 0 Å². The van der Waals surface area contributed by atoms with Crippen molar-refractivity contribution in [3.63, 3.8) is 0 Å². The fourth-order valence-corrected chi connectivity index (χ4v) is 3.75. The number of halogens is 1. The van der Waals surface area contributed by atoms with Gasteiger partial charge in [-0.2, -0.15) is 0 Å². The maximum Gasteiger partial charge on any atom is 0.246 e. The average Bonchev–Trinajstić information content (AvgIpc) is 2.73. The molecule has 0 saturated heterocycles. The number of hydrogen-bond acceptors (Lipinski definition) is 5. The lowest BCUT2D eigenvalue weighted by Gasteiger charge is -2.38. The minimum atomic E-state index is -0.229. The molecule has 0 bridgehead atoms. The minimum absolute atomic E-state index is 0.00117. The molecule has 0 radical (unpaired) electrons. The summed E-state index contributed by atoms with van der Waals surface area (Å²) in [4.78, 5) is 14.2. The highest BCUT2D eigenvalue weighted by molar-refractivity contribution is 5.77. The van der Waals surface area contributed by atoms with Gasteiger partial charge in [-0.1, -0.05) is 18.2 Å². The number of nitrogens with zero attached hydrogens (tertiary/aromatic N) is 1. The number of methoxy groups -OCH3 is 3. The van der Waals surface area contributed by atoms with Gasteiger partial charge in [0, 0.05) is 32.3 Å². The smallest absolute Gasteiger partial charge is 0.246 e. The monoisotopic (exact) mass is 402 g/mol. The molecule has 0 fully saturated rings. The Balaban J connectivity index is 1.92. The van der Waals surface area contributed by atoms with E-state index < -0.39 is 0 Å². The molecule has 0 aromatic heterocycles. The van der Waals surface area contributed by atoms with Crippen LogP contribution in [0.5, 0.6) is 11.5 Å². The average molecular weight is 402 g/mol. The molecule has 29 heavy (non-hydrogen) atoms. The van der Waals surface area contributed by atoms with Gasteiger partial charge in [0.15, 0.2) is 11.5 Å². The number of fused-ring (bicyclic) bond motifs is 1. The molecule has 2 aromatic carbocycles. The molecular weight excluding hydrogens is 375 g/mol. The fourth-order valence-electron chi connectivity index (χ4n) is 3.75. The molecule has 1 atom stereocenters. The second kappa shape index (κ2) is 9.71. The van der Waals surface area contributed by atoms with Gasteiger partial charge in [0.2, 0.25) is 5.91 Å². The summed E-state index contributed by atoms with van der Waals surface area (Å²) in [6, 6.07) is 10.6. The zero-order chi connectivity index (χ0) is 20.8. The van der Waals surface area contributed by atoms with Crippen molar-refractivity contribution < 1.29 is 23.4 Å². The summed E-state index contributed by atoms with van der Waals surface area (Å²) in [5.74, 6) is 0.891. The zero-order valence-electron chi connectivity index (χ0n) is 17.0. The first-order valence-electron chi connectivity index (χ1n) is 9.55. The third kappa shape index (κ3) is 4.86. The van der Waals surface area contributed by atoms with E-state index >= 15 is 0 Å². The molecule has 1 heterocycles. The molecule has 1 amide bonds. The van der Waals surface area contributed by atoms with Crippen LogP contribution in [0.1, 0.15) is 22.7 Å². The molecule has 0 spiro atoms. The second-order valence-electron chi connectivity index (χ2n) is 6.97. The molecule has 0 unspecified atom stereocenters. The van der Waals surface area contributed by atoms with Crippen LogP contribution in [0.2, 0.25) is 0 Å². The van der Waals surface area contributed by atoms with E-state index in [0.29, 0.717) is 30.2 Å². The number of amides is 1. The van der Waals surface area contributed by atoms with Crippen molar-refractivity contribution in [1.29, 1.82) is 0 Å². The van der Waals surface area contributed by atoms with Crippen LogP contribution in [0, 0.1) is 5.82 Å². The number of carbonyl (C=O) groups excluding carboxylic acids is 1. The number of hydrogen-bond donors (Lipinski definition) is 1. The molecule has 1 aliphatic rings. The number of ether oxygens (including phenoxy) is 3. The van der Waals surface area contributed by atoms with Crippen LogP contribution in [0.15, 0.2) is 36.4 Å². The topological polar surface area (TPSA) is 60.0 Å². The first-order chi connectivity index (χ1) is 14.1. The SMILES string of the molecule is COCC(=O)NC[C@H]1c2cc(OC)c(OC)cc2CCN1Cc1ccccc1F. The van der Waals surface area contributed by atoms with E-state index in [2.05, 4.69) is 10.2 Å². The Morgan fingerprint density at radius 3 is 2.59 bits per heavy atom. The lowest BCUT2D eigenvalue weighted by molar-refractivity contribution is -0.125. The standard InChI is InChI=1S/C22H27FN2O4/c1-27-14-22(26)24-12-19-17-11-21(29-3)20(28-2)10-15(17)8-9-25(19)13-16-6-4-5-7-18(16)23/h4-7,10-11,19H,8-9,12-14H2,1-3H3,(H,24,26)/t19-/m0/s1. The molecule has 2 aromatic rings. The molecule has 6 nitrogen and oxygen atoms in total. The molecular formula is C22H27FN2O4. The van der Waals surface area contributed by atoms with Crippen molar-refractivity contribution >= 4 is 5.91 Å². The Morgan fingerprint density at radius 1 is 1.17 bits per heavy atom. The maximum absolute atomic E-state index is 14.2. The van der Waals surface area contributed by atoms with Gasteiger partial charge in [-0.15, -0.1) is 0 Å². The Morgan fingerprint density at radius 2 is 1.90 bits per heavy atom. The van der Waals surface area contributed by atoms with Gasteiger partial charge in [0.25, 0.3) is 0 Å². The van der Waals surface area contributed by atoms with Crippen LogP contribution >= 0.6 is 0 Å². The second-order valence-corrected chi connectivity index (χ2v) is 6.97. The number of carbonyl (C=O) groups is 1. The van der Waals surface area contributed by atoms with Crippen molar-refractivity contribution in [2.45, 2.75) is 19.0 Å². The third-order valence-corrected chi connectivity index (χ3v) is 5.21. The highest BCUT2D eigenvalue weighted by Gasteiger charge is 2.30. The third-order valence-electron chi connectivity index (χ3n) is 5.21. The summed E-state index contributed by atoms with van der Waals surface area (Å²) in [5.41, 5.74) is 2.81. The Labute approximate surface area is 170 Å². The lowest BCUT2D eigenvalue weighted by Crippen LogP contribution is -2.42. The molecule has 3 rings (SSSR count). The molecule has 1 aliphatic heterocycles. The summed E-state index contributed by atoms with van der Waals surface area (Å²) in [7, 11) is 4.69. The Kier molecular flexibility index (Phi) is 7.06. The predicted octanol–water partition coefficient (Wildman–Crippen LogP) is 2.70. The van der Waals surface area contributed by atoms with Crippen molar-refractivity contribution in [3.8, 4) is 11.5 Å². The van der Waals surface area contributed by atoms with E-state index in [1.54, 1.807) is 26.4 Å². The normalized spacial score (nSPS) is 16.2. The predicted molar refractivity (Wildman–Crippen MR) is 108 cm³/mol. The number of rotatable bonds is 8. The largest absolute Gasteiger partial charge is 0.493 e. The van der Waals surface area contributed by atoms with Gasteiger partial charge in [-0.05, 0) is 35.7 Å². The molecule has 7 heteroatoms. The van der Waals surface area contributed by atoms with E-state index in [0.717, 1.165) is 24.1 Å². The van der Waals surface area contributed by atoms with Gasteiger partial charge in [0.05, 0.1) is 20.3 Å². The van der Waals surface area contributed by atoms with Crippen LogP contribution in [0.4, 0.5) is 4.39 Å². The summed E-state index contributed by atoms with van der Waals surface area (Å²) < 4.78 is 30.1. The molecule has 1 N–H and O–H groups in total. The molecule has 0 aliphatic carbocycles. The van der Waals surface area contributed by atoms with E-state index in [1.165, 1.54) is 13.2 Å². The van der Waals surface area contributed by atoms with E-state index in [9.17, 15) is 9.18 Å². The first kappa shape index (κ1) is 21.1. The highest BCUT2D eigenvalue weighted by Crippen LogP contribution is 2.38. The fraction of sp³-hybridized carbons (Fsp3) is 0.409. The summed E-state index contributed by atoms with van der Waals surface area (Å²) in [5, 5.41) is 2.92. The Bertz CT molecular complexity index is 859. The van der Waals surface area contributed by atoms with Gasteiger partial charge in [-0.3, -0.25) is 9.69 Å². The van der Waals surface area contributed by atoms with Crippen molar-refractivity contribution in [3.05, 3.63) is 58.9 Å². The van der Waals surface area contributed by atoms with E-state index in [-0.39, 0.29) is 24.4 Å². The summed E-state index contributed by atoms with van der Waals surface area (Å²) in [6.07, 6.45) is 0.798. The minimum Gasteiger partial charge on any atom is -0.493 e. The molecule has 156 valence electrons. The van der Waals surface area contributed by atoms with Crippen molar-refractivity contribution in [2.75, 3.05) is 41.0 Å². The van der Waals surface area contributed by atoms with Gasteiger partial charge >= 0.3 is 0 Å². The van der Waals surface area contributed by atoms with Crippen LogP contribution in [0.3, 0.4) is 0 Å². The van der Waals surface area contributed by atoms with E-state index in [4.69, 9.17) is 14.2 Å². The summed E-state index contributed by atoms with van der Waals surface area (Å²) in [6.45, 7) is 1.57. The lowest BCUT2D eigenvalue weighted by atomic mass is 9.91. The molecule has 0 saturated carbocycles. The van der Waals surface area contributed by atoms with E-state index in [1.807, 2.05) is 18.2 Å². The maximum atomic E-state index is 14.2. The number of nitrogens with one attached hydrogen (secondary N) is 1. The quantitative estimate of drug-likeness (QED) is 0.736. The van der Waals surface area contributed by atoms with Crippen molar-refractivity contribution in [1.82, 2.24) is 10.2 Å². The van der Waals surface area contributed by atoms with Gasteiger partial charge in [-0.25, -0.2) is 4.39 Å². The van der Waals surface area contributed by atoms with Crippen LogP contribution in [0.25, 0.3) is 0 Å². The van der Waals surface area contributed by atoms with Crippen LogP contribution in [-0.4, -0.2) is 51.8 Å². The van der Waals surface area contributed by atoms with Crippen LogP contribution < -0.4 is 14.8 Å². The Hall–Kier alpha value is -2.64. The first-order valence-corrected chi connectivity index (χ1v) is 9.55. The zero-order valence-corrected chi connectivity index (χ0v) is 17.0.